The van der Waals surface area contributed by atoms with E-state index in [-0.39, 0.29) is 16.7 Å². The van der Waals surface area contributed by atoms with Gasteiger partial charge in [0, 0.05) is 35.3 Å². The molecule has 0 spiro atoms. The minimum absolute atomic E-state index is 0.0557. The second-order valence-electron chi connectivity index (χ2n) is 7.40. The third-order valence-electron chi connectivity index (χ3n) is 5.45. The van der Waals surface area contributed by atoms with E-state index in [1.54, 1.807) is 18.5 Å². The molecule has 0 aliphatic carbocycles. The first-order chi connectivity index (χ1) is 15.2. The van der Waals surface area contributed by atoms with Gasteiger partial charge in [0.25, 0.3) is 5.69 Å². The van der Waals surface area contributed by atoms with E-state index in [9.17, 15) is 10.1 Å². The number of hydrogen-bond acceptors (Lipinski definition) is 6. The van der Waals surface area contributed by atoms with Crippen molar-refractivity contribution in [1.82, 2.24) is 14.5 Å². The van der Waals surface area contributed by atoms with E-state index in [2.05, 4.69) is 21.7 Å². The summed E-state index contributed by atoms with van der Waals surface area (Å²) in [6, 6.07) is 15.3. The lowest BCUT2D eigenvalue weighted by Crippen LogP contribution is -2.16. The van der Waals surface area contributed by atoms with Gasteiger partial charge in [-0.1, -0.05) is 42.1 Å². The lowest BCUT2D eigenvalue weighted by molar-refractivity contribution is -0.383. The van der Waals surface area contributed by atoms with Crippen molar-refractivity contribution in [2.75, 3.05) is 6.61 Å². The molecule has 1 atom stereocenters. The van der Waals surface area contributed by atoms with Crippen molar-refractivity contribution in [2.45, 2.75) is 35.5 Å². The van der Waals surface area contributed by atoms with Gasteiger partial charge in [-0.2, -0.15) is 0 Å². The summed E-state index contributed by atoms with van der Waals surface area (Å²) in [7, 11) is 0. The maximum atomic E-state index is 11.4. The van der Waals surface area contributed by atoms with Crippen LogP contribution in [0.15, 0.2) is 77.2 Å². The molecular formula is C23H20N4O3S. The number of imidazole rings is 1. The highest BCUT2D eigenvalue weighted by Crippen LogP contribution is 2.38. The molecule has 1 unspecified atom stereocenters. The molecule has 8 heteroatoms. The second-order valence-corrected chi connectivity index (χ2v) is 8.41. The molecule has 7 nitrogen and oxygen atoms in total. The van der Waals surface area contributed by atoms with Gasteiger partial charge < -0.3 is 9.30 Å². The van der Waals surface area contributed by atoms with Gasteiger partial charge in [0.15, 0.2) is 5.16 Å². The molecule has 1 fully saturated rings. The number of rotatable bonds is 6. The van der Waals surface area contributed by atoms with Crippen molar-refractivity contribution >= 4 is 28.2 Å². The largest absolute Gasteiger partial charge is 0.376 e. The van der Waals surface area contributed by atoms with Crippen LogP contribution in [0.5, 0.6) is 0 Å². The van der Waals surface area contributed by atoms with Gasteiger partial charge in [-0.05, 0) is 30.5 Å². The van der Waals surface area contributed by atoms with Crippen LogP contribution in [0.2, 0.25) is 0 Å². The Kier molecular flexibility index (Phi) is 5.40. The van der Waals surface area contributed by atoms with Gasteiger partial charge in [-0.25, -0.2) is 4.98 Å². The second kappa shape index (κ2) is 8.49. The number of hydrogen-bond donors (Lipinski definition) is 0. The third-order valence-corrected chi connectivity index (χ3v) is 6.54. The molecule has 0 N–H and O–H groups in total. The van der Waals surface area contributed by atoms with Crippen LogP contribution in [0.25, 0.3) is 22.0 Å². The zero-order valence-corrected chi connectivity index (χ0v) is 17.5. The lowest BCUT2D eigenvalue weighted by atomic mass is 10.1. The first-order valence-electron chi connectivity index (χ1n) is 10.1. The predicted molar refractivity (Wildman–Crippen MR) is 119 cm³/mol. The molecule has 1 saturated heterocycles. The fraction of sp³-hybridized carbons (Fsp3) is 0.217. The molecule has 0 bridgehead atoms. The highest BCUT2D eigenvalue weighted by Gasteiger charge is 2.22. The minimum Gasteiger partial charge on any atom is -0.376 e. The molecule has 0 amide bonds. The Morgan fingerprint density at radius 3 is 2.77 bits per heavy atom. The Morgan fingerprint density at radius 1 is 1.13 bits per heavy atom. The molecule has 2 aromatic heterocycles. The Hall–Kier alpha value is -3.23. The number of nitrogens with zero attached hydrogens (tertiary/aromatic N) is 4. The minimum atomic E-state index is -0.371. The molecule has 5 rings (SSSR count). The van der Waals surface area contributed by atoms with Crippen LogP contribution in [0, 0.1) is 10.1 Å². The topological polar surface area (TPSA) is 83.1 Å². The Morgan fingerprint density at radius 2 is 2.00 bits per heavy atom. The number of pyridine rings is 1. The van der Waals surface area contributed by atoms with Crippen LogP contribution >= 0.6 is 11.8 Å². The molecule has 4 aromatic rings. The van der Waals surface area contributed by atoms with Gasteiger partial charge in [0.05, 0.1) is 34.8 Å². The Bertz CT molecular complexity index is 1240. The number of nitro benzene ring substituents is 1. The summed E-state index contributed by atoms with van der Waals surface area (Å²) >= 11 is 1.51. The van der Waals surface area contributed by atoms with Crippen LogP contribution in [0.3, 0.4) is 0 Å². The van der Waals surface area contributed by atoms with Crippen molar-refractivity contribution in [3.05, 3.63) is 77.2 Å². The average molecular weight is 433 g/mol. The zero-order valence-electron chi connectivity index (χ0n) is 16.7. The molecule has 1 aliphatic heterocycles. The van der Waals surface area contributed by atoms with Gasteiger partial charge in [-0.3, -0.25) is 15.1 Å². The molecule has 3 heterocycles. The van der Waals surface area contributed by atoms with E-state index in [0.717, 1.165) is 52.7 Å². The summed E-state index contributed by atoms with van der Waals surface area (Å²) in [4.78, 5) is 20.8. The van der Waals surface area contributed by atoms with Gasteiger partial charge >= 0.3 is 0 Å². The highest BCUT2D eigenvalue weighted by atomic mass is 32.2. The van der Waals surface area contributed by atoms with E-state index in [4.69, 9.17) is 9.72 Å². The average Bonchev–Trinajstić information content (AvgIpc) is 3.45. The van der Waals surface area contributed by atoms with E-state index in [0.29, 0.717) is 5.39 Å². The van der Waals surface area contributed by atoms with Crippen LogP contribution in [0.1, 0.15) is 12.8 Å². The SMILES string of the molecule is O=[N+]([O-])c1ccc(Sc2ncc(-c3ccccc3)n2CC2CCCO2)c2ccncc12. The molecule has 2 aromatic carbocycles. The quantitative estimate of drug-likeness (QED) is 0.302. The smallest absolute Gasteiger partial charge is 0.278 e. The van der Waals surface area contributed by atoms with E-state index in [1.165, 1.54) is 17.8 Å². The van der Waals surface area contributed by atoms with Crippen molar-refractivity contribution < 1.29 is 9.66 Å². The Labute approximate surface area is 183 Å². The van der Waals surface area contributed by atoms with Crippen LogP contribution < -0.4 is 0 Å². The molecule has 0 saturated carbocycles. The Balaban J connectivity index is 1.57. The van der Waals surface area contributed by atoms with Crippen LogP contribution in [0.4, 0.5) is 5.69 Å². The molecule has 156 valence electrons. The molecular weight excluding hydrogens is 412 g/mol. The van der Waals surface area contributed by atoms with Crippen molar-refractivity contribution in [1.29, 1.82) is 0 Å². The third kappa shape index (κ3) is 3.92. The van der Waals surface area contributed by atoms with E-state index < -0.39 is 0 Å². The normalized spacial score (nSPS) is 16.1. The summed E-state index contributed by atoms with van der Waals surface area (Å²) < 4.78 is 8.09. The maximum absolute atomic E-state index is 11.4. The summed E-state index contributed by atoms with van der Waals surface area (Å²) in [5.41, 5.74) is 2.18. The van der Waals surface area contributed by atoms with Gasteiger partial charge in [0.2, 0.25) is 0 Å². The molecule has 31 heavy (non-hydrogen) atoms. The van der Waals surface area contributed by atoms with E-state index in [1.807, 2.05) is 30.5 Å². The number of nitro groups is 1. The first kappa shape index (κ1) is 19.7. The van der Waals surface area contributed by atoms with Crippen LogP contribution in [-0.2, 0) is 11.3 Å². The summed E-state index contributed by atoms with van der Waals surface area (Å²) in [6.45, 7) is 1.52. The highest BCUT2D eigenvalue weighted by molar-refractivity contribution is 7.99. The molecule has 0 radical (unpaired) electrons. The number of non-ortho nitro benzene ring substituents is 1. The fourth-order valence-corrected chi connectivity index (χ4v) is 4.95. The summed E-state index contributed by atoms with van der Waals surface area (Å²) in [5.74, 6) is 0. The van der Waals surface area contributed by atoms with Gasteiger partial charge in [0.1, 0.15) is 0 Å². The van der Waals surface area contributed by atoms with Crippen LogP contribution in [-0.4, -0.2) is 32.2 Å². The fourth-order valence-electron chi connectivity index (χ4n) is 3.94. The zero-order chi connectivity index (χ0) is 21.2. The van der Waals surface area contributed by atoms with Crippen molar-refractivity contribution in [2.24, 2.45) is 0 Å². The maximum Gasteiger partial charge on any atom is 0.278 e. The molecule has 1 aliphatic rings. The van der Waals surface area contributed by atoms with E-state index >= 15 is 0 Å². The number of benzene rings is 2. The predicted octanol–water partition coefficient (Wildman–Crippen LogP) is 5.34. The van der Waals surface area contributed by atoms with Crippen molar-refractivity contribution in [3.8, 4) is 11.3 Å². The lowest BCUT2D eigenvalue weighted by Gasteiger charge is -2.16. The van der Waals surface area contributed by atoms with Gasteiger partial charge in [-0.15, -0.1) is 0 Å². The first-order valence-corrected chi connectivity index (χ1v) is 10.9. The number of aromatic nitrogens is 3. The van der Waals surface area contributed by atoms with Crippen molar-refractivity contribution in [3.63, 3.8) is 0 Å². The number of ether oxygens (including phenoxy) is 1. The standard InChI is InChI=1S/C23H20N4O3S/c28-27(29)20-8-9-22(18-10-11-24-13-19(18)20)31-23-25-14-21(16-5-2-1-3-6-16)26(23)15-17-7-4-12-30-17/h1-3,5-6,8-11,13-14,17H,4,7,12,15H2. The summed E-state index contributed by atoms with van der Waals surface area (Å²) in [5, 5.41) is 13.6. The monoisotopic (exact) mass is 432 g/mol. The number of fused-ring (bicyclic) bond motifs is 1. The summed E-state index contributed by atoms with van der Waals surface area (Å²) in [6.07, 6.45) is 7.36.